The third-order valence-corrected chi connectivity index (χ3v) is 3.18. The number of hydrogen-bond donors (Lipinski definition) is 1. The fraction of sp³-hybridized carbons (Fsp3) is 0.312. The third-order valence-electron chi connectivity index (χ3n) is 3.18. The van der Waals surface area contributed by atoms with Crippen LogP contribution in [0.15, 0.2) is 36.5 Å². The average Bonchev–Trinajstić information content (AvgIpc) is 2.42. The Balaban J connectivity index is 2.37. The summed E-state index contributed by atoms with van der Waals surface area (Å²) in [6.45, 7) is 5.60. The van der Waals surface area contributed by atoms with E-state index < -0.39 is 0 Å². The van der Waals surface area contributed by atoms with Crippen LogP contribution in [0, 0.1) is 12.7 Å². The first-order valence-electron chi connectivity index (χ1n) is 6.79. The van der Waals surface area contributed by atoms with E-state index in [1.807, 2.05) is 38.1 Å². The van der Waals surface area contributed by atoms with Crippen LogP contribution in [0.1, 0.15) is 18.1 Å². The van der Waals surface area contributed by atoms with E-state index in [0.29, 0.717) is 0 Å². The molecule has 1 aromatic carbocycles. The number of aryl methyl sites for hydroxylation is 1. The predicted molar refractivity (Wildman–Crippen MR) is 80.8 cm³/mol. The largest absolute Gasteiger partial charge is 0.326 e. The minimum Gasteiger partial charge on any atom is -0.326 e. The zero-order valence-corrected chi connectivity index (χ0v) is 12.2. The van der Waals surface area contributed by atoms with Crippen molar-refractivity contribution in [2.75, 3.05) is 18.5 Å². The van der Waals surface area contributed by atoms with E-state index in [4.69, 9.17) is 0 Å². The first kappa shape index (κ1) is 14.5. The standard InChI is InChI=1S/C16H20FN3/c1-4-20(15-7-5-6-14(17)9-15)16-12(2)8-13(10-18-3)11-19-16/h5-9,11,18H,4,10H2,1-3H3. The van der Waals surface area contributed by atoms with E-state index in [0.717, 1.165) is 35.7 Å². The van der Waals surface area contributed by atoms with Crippen molar-refractivity contribution >= 4 is 11.5 Å². The Morgan fingerprint density at radius 1 is 1.30 bits per heavy atom. The van der Waals surface area contributed by atoms with Gasteiger partial charge >= 0.3 is 0 Å². The maximum atomic E-state index is 13.4. The molecule has 2 aromatic rings. The molecule has 20 heavy (non-hydrogen) atoms. The van der Waals surface area contributed by atoms with Crippen molar-refractivity contribution in [1.82, 2.24) is 10.3 Å². The van der Waals surface area contributed by atoms with E-state index >= 15 is 0 Å². The van der Waals surface area contributed by atoms with Crippen molar-refractivity contribution in [3.8, 4) is 0 Å². The van der Waals surface area contributed by atoms with Crippen LogP contribution in [0.2, 0.25) is 0 Å². The molecule has 1 N–H and O–H groups in total. The monoisotopic (exact) mass is 273 g/mol. The molecule has 0 unspecified atom stereocenters. The van der Waals surface area contributed by atoms with Crippen molar-refractivity contribution in [2.24, 2.45) is 0 Å². The summed E-state index contributed by atoms with van der Waals surface area (Å²) in [7, 11) is 1.91. The summed E-state index contributed by atoms with van der Waals surface area (Å²) >= 11 is 0. The number of nitrogens with one attached hydrogen (secondary N) is 1. The van der Waals surface area contributed by atoms with Crippen LogP contribution in [-0.2, 0) is 6.54 Å². The molecule has 0 aliphatic carbocycles. The van der Waals surface area contributed by atoms with Gasteiger partial charge in [-0.05, 0) is 56.3 Å². The van der Waals surface area contributed by atoms with Gasteiger partial charge in [0.25, 0.3) is 0 Å². The minimum atomic E-state index is -0.231. The molecule has 0 spiro atoms. The lowest BCUT2D eigenvalue weighted by Crippen LogP contribution is -2.19. The topological polar surface area (TPSA) is 28.2 Å². The van der Waals surface area contributed by atoms with Gasteiger partial charge in [-0.1, -0.05) is 6.07 Å². The van der Waals surface area contributed by atoms with Crippen molar-refractivity contribution < 1.29 is 4.39 Å². The zero-order valence-electron chi connectivity index (χ0n) is 12.2. The molecule has 0 saturated heterocycles. The Bertz CT molecular complexity index is 584. The van der Waals surface area contributed by atoms with Crippen molar-refractivity contribution in [2.45, 2.75) is 20.4 Å². The molecular weight excluding hydrogens is 253 g/mol. The Labute approximate surface area is 119 Å². The number of anilines is 2. The van der Waals surface area contributed by atoms with Crippen LogP contribution in [0.5, 0.6) is 0 Å². The van der Waals surface area contributed by atoms with E-state index in [9.17, 15) is 4.39 Å². The molecule has 0 aliphatic rings. The fourth-order valence-electron chi connectivity index (χ4n) is 2.31. The van der Waals surface area contributed by atoms with Crippen molar-refractivity contribution in [3.63, 3.8) is 0 Å². The summed E-state index contributed by atoms with van der Waals surface area (Å²) in [5.41, 5.74) is 3.05. The summed E-state index contributed by atoms with van der Waals surface area (Å²) in [6, 6.07) is 8.72. The Morgan fingerprint density at radius 2 is 2.10 bits per heavy atom. The van der Waals surface area contributed by atoms with Gasteiger partial charge in [-0.15, -0.1) is 0 Å². The molecule has 0 aliphatic heterocycles. The van der Waals surface area contributed by atoms with Gasteiger partial charge < -0.3 is 10.2 Å². The highest BCUT2D eigenvalue weighted by molar-refractivity contribution is 5.62. The van der Waals surface area contributed by atoms with Crippen LogP contribution in [0.4, 0.5) is 15.9 Å². The molecule has 0 amide bonds. The van der Waals surface area contributed by atoms with Gasteiger partial charge in [0.15, 0.2) is 0 Å². The molecule has 3 nitrogen and oxygen atoms in total. The second-order valence-corrected chi connectivity index (χ2v) is 4.74. The van der Waals surface area contributed by atoms with Crippen LogP contribution in [0.25, 0.3) is 0 Å². The maximum Gasteiger partial charge on any atom is 0.135 e. The molecule has 4 heteroatoms. The van der Waals surface area contributed by atoms with Crippen LogP contribution < -0.4 is 10.2 Å². The molecule has 0 atom stereocenters. The number of hydrogen-bond acceptors (Lipinski definition) is 3. The molecule has 1 aromatic heterocycles. The van der Waals surface area contributed by atoms with Crippen LogP contribution in [0.3, 0.4) is 0 Å². The lowest BCUT2D eigenvalue weighted by Gasteiger charge is -2.24. The number of pyridine rings is 1. The highest BCUT2D eigenvalue weighted by atomic mass is 19.1. The Morgan fingerprint density at radius 3 is 2.70 bits per heavy atom. The smallest absolute Gasteiger partial charge is 0.135 e. The molecule has 0 radical (unpaired) electrons. The predicted octanol–water partition coefficient (Wildman–Crippen LogP) is 3.41. The van der Waals surface area contributed by atoms with E-state index in [1.165, 1.54) is 12.1 Å². The minimum absolute atomic E-state index is 0.231. The van der Waals surface area contributed by atoms with E-state index in [-0.39, 0.29) is 5.82 Å². The lowest BCUT2D eigenvalue weighted by molar-refractivity contribution is 0.627. The van der Waals surface area contributed by atoms with E-state index in [2.05, 4.69) is 16.4 Å². The number of nitrogens with zero attached hydrogens (tertiary/aromatic N) is 2. The quantitative estimate of drug-likeness (QED) is 0.905. The molecular formula is C16H20FN3. The summed E-state index contributed by atoms with van der Waals surface area (Å²) < 4.78 is 13.4. The normalized spacial score (nSPS) is 10.6. The highest BCUT2D eigenvalue weighted by Crippen LogP contribution is 2.27. The molecule has 0 bridgehead atoms. The lowest BCUT2D eigenvalue weighted by atomic mass is 10.1. The zero-order chi connectivity index (χ0) is 14.5. The highest BCUT2D eigenvalue weighted by Gasteiger charge is 2.12. The van der Waals surface area contributed by atoms with Gasteiger partial charge in [-0.25, -0.2) is 9.37 Å². The van der Waals surface area contributed by atoms with Gasteiger partial charge in [0.2, 0.25) is 0 Å². The van der Waals surface area contributed by atoms with Gasteiger partial charge in [0, 0.05) is 25.0 Å². The molecule has 0 saturated carbocycles. The molecule has 0 fully saturated rings. The SMILES string of the molecule is CCN(c1cccc(F)c1)c1ncc(CNC)cc1C. The first-order valence-corrected chi connectivity index (χ1v) is 6.79. The second kappa shape index (κ2) is 6.48. The number of benzene rings is 1. The Hall–Kier alpha value is -1.94. The Kier molecular flexibility index (Phi) is 4.69. The van der Waals surface area contributed by atoms with Gasteiger partial charge in [0.1, 0.15) is 11.6 Å². The van der Waals surface area contributed by atoms with Gasteiger partial charge in [-0.3, -0.25) is 0 Å². The maximum absolute atomic E-state index is 13.4. The van der Waals surface area contributed by atoms with Crippen molar-refractivity contribution in [3.05, 3.63) is 53.5 Å². The van der Waals surface area contributed by atoms with Gasteiger partial charge in [-0.2, -0.15) is 0 Å². The van der Waals surface area contributed by atoms with Crippen LogP contribution >= 0.6 is 0 Å². The number of aromatic nitrogens is 1. The first-order chi connectivity index (χ1) is 9.65. The molecule has 1 heterocycles. The summed E-state index contributed by atoms with van der Waals surface area (Å²) in [6.07, 6.45) is 1.86. The fourth-order valence-corrected chi connectivity index (χ4v) is 2.31. The molecule has 2 rings (SSSR count). The summed E-state index contributed by atoms with van der Waals surface area (Å²) in [4.78, 5) is 6.55. The average molecular weight is 273 g/mol. The van der Waals surface area contributed by atoms with Crippen LogP contribution in [-0.4, -0.2) is 18.6 Å². The summed E-state index contributed by atoms with van der Waals surface area (Å²) in [5.74, 6) is 0.642. The third kappa shape index (κ3) is 3.14. The second-order valence-electron chi connectivity index (χ2n) is 4.74. The molecule has 106 valence electrons. The summed E-state index contributed by atoms with van der Waals surface area (Å²) in [5, 5.41) is 3.11. The van der Waals surface area contributed by atoms with E-state index in [1.54, 1.807) is 6.07 Å². The van der Waals surface area contributed by atoms with Crippen molar-refractivity contribution in [1.29, 1.82) is 0 Å². The number of halogens is 1. The number of rotatable bonds is 5. The van der Waals surface area contributed by atoms with Gasteiger partial charge in [0.05, 0.1) is 0 Å².